The van der Waals surface area contributed by atoms with Crippen LogP contribution in [0.25, 0.3) is 0 Å². The minimum Gasteiger partial charge on any atom is -0.487 e. The highest BCUT2D eigenvalue weighted by Crippen LogP contribution is 2.19. The number of thiazole rings is 1. The quantitative estimate of drug-likeness (QED) is 0.682. The van der Waals surface area contributed by atoms with Gasteiger partial charge in [-0.2, -0.15) is 5.10 Å². The van der Waals surface area contributed by atoms with Gasteiger partial charge < -0.3 is 10.1 Å². The van der Waals surface area contributed by atoms with Crippen molar-refractivity contribution in [2.45, 2.75) is 39.6 Å². The first kappa shape index (κ1) is 16.7. The fourth-order valence-corrected chi connectivity index (χ4v) is 2.99. The zero-order valence-electron chi connectivity index (χ0n) is 14.0. The highest BCUT2D eigenvalue weighted by atomic mass is 32.1. The molecule has 1 atom stereocenters. The summed E-state index contributed by atoms with van der Waals surface area (Å²) in [6.07, 6.45) is 3.94. The van der Waals surface area contributed by atoms with E-state index in [-0.39, 0.29) is 0 Å². The second kappa shape index (κ2) is 8.08. The van der Waals surface area contributed by atoms with E-state index in [9.17, 15) is 0 Å². The van der Waals surface area contributed by atoms with Gasteiger partial charge in [0.05, 0.1) is 23.9 Å². The molecule has 0 aliphatic heterocycles. The average molecular weight is 342 g/mol. The molecule has 0 saturated carbocycles. The van der Waals surface area contributed by atoms with E-state index < -0.39 is 0 Å². The van der Waals surface area contributed by atoms with Crippen molar-refractivity contribution in [2.24, 2.45) is 0 Å². The molecule has 0 bridgehead atoms. The number of nitrogens with one attached hydrogen (secondary N) is 1. The molecular formula is C18H22N4OS. The van der Waals surface area contributed by atoms with Crippen LogP contribution in [0.5, 0.6) is 5.75 Å². The molecule has 2 aromatic heterocycles. The van der Waals surface area contributed by atoms with Crippen molar-refractivity contribution in [3.63, 3.8) is 0 Å². The van der Waals surface area contributed by atoms with Gasteiger partial charge in [-0.3, -0.25) is 4.68 Å². The molecular weight excluding hydrogens is 320 g/mol. The molecule has 2 heterocycles. The summed E-state index contributed by atoms with van der Waals surface area (Å²) in [7, 11) is 0. The largest absolute Gasteiger partial charge is 0.487 e. The predicted molar refractivity (Wildman–Crippen MR) is 96.2 cm³/mol. The van der Waals surface area contributed by atoms with Gasteiger partial charge in [-0.15, -0.1) is 11.3 Å². The monoisotopic (exact) mass is 342 g/mol. The molecule has 1 aromatic carbocycles. The molecule has 0 saturated heterocycles. The molecule has 0 radical (unpaired) electrons. The van der Waals surface area contributed by atoms with Crippen molar-refractivity contribution < 1.29 is 4.74 Å². The summed E-state index contributed by atoms with van der Waals surface area (Å²) >= 11 is 1.58. The van der Waals surface area contributed by atoms with Gasteiger partial charge in [0, 0.05) is 29.7 Å². The molecule has 3 aromatic rings. The van der Waals surface area contributed by atoms with Gasteiger partial charge in [0.15, 0.2) is 0 Å². The molecule has 6 heteroatoms. The maximum atomic E-state index is 5.92. The fraction of sp³-hybridized carbons (Fsp3) is 0.333. The first-order valence-electron chi connectivity index (χ1n) is 8.01. The number of para-hydroxylation sites is 1. The van der Waals surface area contributed by atoms with Gasteiger partial charge in [0.25, 0.3) is 0 Å². The minimum absolute atomic E-state index is 0.316. The molecule has 126 valence electrons. The summed E-state index contributed by atoms with van der Waals surface area (Å²) in [5.41, 5.74) is 5.12. The molecule has 24 heavy (non-hydrogen) atoms. The van der Waals surface area contributed by atoms with E-state index >= 15 is 0 Å². The number of ether oxygens (including phenoxy) is 1. The predicted octanol–water partition coefficient (Wildman–Crippen LogP) is 3.41. The fourth-order valence-electron chi connectivity index (χ4n) is 2.45. The van der Waals surface area contributed by atoms with E-state index in [4.69, 9.17) is 4.74 Å². The van der Waals surface area contributed by atoms with E-state index in [0.717, 1.165) is 30.1 Å². The minimum atomic E-state index is 0.316. The van der Waals surface area contributed by atoms with Crippen molar-refractivity contribution in [1.29, 1.82) is 0 Å². The summed E-state index contributed by atoms with van der Waals surface area (Å²) in [6.45, 7) is 6.32. The Kier molecular flexibility index (Phi) is 5.61. The molecule has 3 rings (SSSR count). The molecule has 0 amide bonds. The van der Waals surface area contributed by atoms with E-state index in [1.54, 1.807) is 11.3 Å². The van der Waals surface area contributed by atoms with Crippen LogP contribution in [0.4, 0.5) is 0 Å². The van der Waals surface area contributed by atoms with Crippen molar-refractivity contribution in [1.82, 2.24) is 20.1 Å². The topological polar surface area (TPSA) is 52.0 Å². The van der Waals surface area contributed by atoms with Crippen LogP contribution in [0.3, 0.4) is 0 Å². The van der Waals surface area contributed by atoms with Crippen molar-refractivity contribution in [3.8, 4) is 5.75 Å². The summed E-state index contributed by atoms with van der Waals surface area (Å²) in [5.74, 6) is 0.903. The van der Waals surface area contributed by atoms with Crippen LogP contribution < -0.4 is 10.1 Å². The lowest BCUT2D eigenvalue weighted by atomic mass is 10.2. The number of aromatic nitrogens is 3. The summed E-state index contributed by atoms with van der Waals surface area (Å²) in [4.78, 5) is 4.25. The number of aryl methyl sites for hydroxylation is 1. The first-order chi connectivity index (χ1) is 11.7. The van der Waals surface area contributed by atoms with E-state index in [2.05, 4.69) is 41.5 Å². The first-order valence-corrected chi connectivity index (χ1v) is 8.95. The summed E-state index contributed by atoms with van der Waals surface area (Å²) < 4.78 is 7.89. The third-order valence-corrected chi connectivity index (χ3v) is 4.33. The maximum absolute atomic E-state index is 5.92. The van der Waals surface area contributed by atoms with Gasteiger partial charge in [0.1, 0.15) is 12.4 Å². The van der Waals surface area contributed by atoms with Crippen LogP contribution in [-0.2, 0) is 19.7 Å². The highest BCUT2D eigenvalue weighted by Gasteiger charge is 2.08. The van der Waals surface area contributed by atoms with Gasteiger partial charge in [-0.1, -0.05) is 18.2 Å². The Bertz CT molecular complexity index is 754. The third kappa shape index (κ3) is 4.66. The maximum Gasteiger partial charge on any atom is 0.131 e. The number of nitrogens with zero attached hydrogens (tertiary/aromatic N) is 3. The van der Waals surface area contributed by atoms with Crippen LogP contribution in [0.15, 0.2) is 47.5 Å². The molecule has 1 N–H and O–H groups in total. The van der Waals surface area contributed by atoms with Crippen LogP contribution in [0.2, 0.25) is 0 Å². The Morgan fingerprint density at radius 3 is 2.96 bits per heavy atom. The Balaban J connectivity index is 1.54. The molecule has 0 aliphatic rings. The number of rotatable bonds is 8. The lowest BCUT2D eigenvalue weighted by molar-refractivity contribution is 0.297. The third-order valence-electron chi connectivity index (χ3n) is 3.70. The number of benzene rings is 1. The lowest BCUT2D eigenvalue weighted by Crippen LogP contribution is -2.30. The SMILES string of the molecule is Cc1cnn(C[C@@H](C)NCc2ccccc2OCc2cscn2)c1. The Morgan fingerprint density at radius 1 is 1.33 bits per heavy atom. The molecule has 0 spiro atoms. The van der Waals surface area contributed by atoms with Gasteiger partial charge >= 0.3 is 0 Å². The summed E-state index contributed by atoms with van der Waals surface area (Å²) in [6, 6.07) is 8.44. The zero-order chi connectivity index (χ0) is 16.8. The van der Waals surface area contributed by atoms with Gasteiger partial charge in [-0.05, 0) is 25.5 Å². The Morgan fingerprint density at radius 2 is 2.21 bits per heavy atom. The van der Waals surface area contributed by atoms with Crippen LogP contribution in [0.1, 0.15) is 23.7 Å². The van der Waals surface area contributed by atoms with Gasteiger partial charge in [-0.25, -0.2) is 4.98 Å². The number of hydrogen-bond donors (Lipinski definition) is 1. The molecule has 0 fully saturated rings. The molecule has 5 nitrogen and oxygen atoms in total. The lowest BCUT2D eigenvalue weighted by Gasteiger charge is -2.16. The standard InChI is InChI=1S/C18H22N4OS/c1-14-7-21-22(9-14)10-15(2)19-8-16-5-3-4-6-18(16)23-11-17-12-24-13-20-17/h3-7,9,12-13,15,19H,8,10-11H2,1-2H3/t15-/m1/s1. The van der Waals surface area contributed by atoms with Crippen LogP contribution in [0, 0.1) is 6.92 Å². The number of hydrogen-bond acceptors (Lipinski definition) is 5. The smallest absolute Gasteiger partial charge is 0.131 e. The van der Waals surface area contributed by atoms with Gasteiger partial charge in [0.2, 0.25) is 0 Å². The Labute approximate surface area is 146 Å². The van der Waals surface area contributed by atoms with E-state index in [1.807, 2.05) is 40.0 Å². The Hall–Kier alpha value is -2.18. The summed E-state index contributed by atoms with van der Waals surface area (Å²) in [5, 5.41) is 9.88. The molecule has 0 aliphatic carbocycles. The van der Waals surface area contributed by atoms with Crippen molar-refractivity contribution in [3.05, 3.63) is 64.4 Å². The van der Waals surface area contributed by atoms with E-state index in [1.165, 1.54) is 5.56 Å². The zero-order valence-corrected chi connectivity index (χ0v) is 14.8. The van der Waals surface area contributed by atoms with Crippen molar-refractivity contribution in [2.75, 3.05) is 0 Å². The second-order valence-electron chi connectivity index (χ2n) is 5.90. The van der Waals surface area contributed by atoms with E-state index in [0.29, 0.717) is 12.6 Å². The van der Waals surface area contributed by atoms with Crippen LogP contribution >= 0.6 is 11.3 Å². The van der Waals surface area contributed by atoms with Crippen molar-refractivity contribution >= 4 is 11.3 Å². The van der Waals surface area contributed by atoms with Crippen LogP contribution in [-0.4, -0.2) is 20.8 Å². The second-order valence-corrected chi connectivity index (χ2v) is 6.62. The highest BCUT2D eigenvalue weighted by molar-refractivity contribution is 7.07. The normalized spacial score (nSPS) is 12.2. The average Bonchev–Trinajstić information content (AvgIpc) is 3.23. The molecule has 0 unspecified atom stereocenters.